The first-order valence-corrected chi connectivity index (χ1v) is 7.48. The predicted molar refractivity (Wildman–Crippen MR) is 64.8 cm³/mol. The summed E-state index contributed by atoms with van der Waals surface area (Å²) in [6, 6.07) is 0. The minimum atomic E-state index is -4.59. The van der Waals surface area contributed by atoms with Crippen molar-refractivity contribution in [3.8, 4) is 0 Å². The lowest BCUT2D eigenvalue weighted by atomic mass is 10.3. The third kappa shape index (κ3) is 12.4. The molecule has 2 N–H and O–H groups in total. The van der Waals surface area contributed by atoms with Crippen molar-refractivity contribution in [1.29, 1.82) is 0 Å². The first-order valence-electron chi connectivity index (χ1n) is 5.95. The van der Waals surface area contributed by atoms with Gasteiger partial charge in [0.05, 0.1) is 19.3 Å². The molecule has 2 atom stereocenters. The van der Waals surface area contributed by atoms with Gasteiger partial charge in [-0.25, -0.2) is 9.45 Å². The first-order chi connectivity index (χ1) is 8.35. The predicted octanol–water partition coefficient (Wildman–Crippen LogP) is 1.64. The summed E-state index contributed by atoms with van der Waals surface area (Å²) < 4.78 is 25.0. The Hall–Kier alpha value is -0.0100. The van der Waals surface area contributed by atoms with Gasteiger partial charge in [-0.3, -0.25) is 0 Å². The van der Waals surface area contributed by atoms with Crippen LogP contribution in [0.1, 0.15) is 33.6 Å². The van der Waals surface area contributed by atoms with E-state index in [0.717, 1.165) is 12.8 Å². The molecule has 18 heavy (non-hydrogen) atoms. The molecule has 110 valence electrons. The Morgan fingerprint density at radius 2 is 1.83 bits per heavy atom. The van der Waals surface area contributed by atoms with Gasteiger partial charge in [-0.15, -0.1) is 4.67 Å². The van der Waals surface area contributed by atoms with Gasteiger partial charge >= 0.3 is 7.82 Å². The molecule has 0 aliphatic rings. The summed E-state index contributed by atoms with van der Waals surface area (Å²) in [6.45, 7) is 6.87. The van der Waals surface area contributed by atoms with E-state index in [2.05, 4.69) is 16.5 Å². The highest BCUT2D eigenvalue weighted by atomic mass is 31.2. The maximum Gasteiger partial charge on any atom is 0.496 e. The third-order valence-electron chi connectivity index (χ3n) is 1.91. The second-order valence-electron chi connectivity index (χ2n) is 4.04. The first kappa shape index (κ1) is 18.0. The van der Waals surface area contributed by atoms with Crippen LogP contribution < -0.4 is 0 Å². The van der Waals surface area contributed by atoms with E-state index in [1.807, 2.05) is 6.92 Å². The van der Waals surface area contributed by atoms with Crippen molar-refractivity contribution in [3.63, 3.8) is 0 Å². The van der Waals surface area contributed by atoms with Crippen molar-refractivity contribution in [2.75, 3.05) is 19.8 Å². The van der Waals surface area contributed by atoms with E-state index >= 15 is 0 Å². The number of hydrogen-bond acceptors (Lipinski definition) is 5. The fraction of sp³-hybridized carbons (Fsp3) is 1.00. The van der Waals surface area contributed by atoms with Crippen LogP contribution in [0.4, 0.5) is 0 Å². The van der Waals surface area contributed by atoms with Crippen LogP contribution in [0.25, 0.3) is 0 Å². The van der Waals surface area contributed by atoms with Crippen LogP contribution in [0.2, 0.25) is 0 Å². The molecule has 0 aromatic rings. The van der Waals surface area contributed by atoms with Crippen LogP contribution >= 0.6 is 7.82 Å². The minimum Gasteiger partial charge on any atom is -0.379 e. The highest BCUT2D eigenvalue weighted by Gasteiger charge is 2.18. The van der Waals surface area contributed by atoms with Crippen molar-refractivity contribution in [2.24, 2.45) is 0 Å². The summed E-state index contributed by atoms with van der Waals surface area (Å²) in [5.41, 5.74) is 0. The van der Waals surface area contributed by atoms with Crippen molar-refractivity contribution in [1.82, 2.24) is 0 Å². The second kappa shape index (κ2) is 9.86. The molecule has 0 aromatic heterocycles. The normalized spacial score (nSPS) is 15.6. The molecule has 0 aromatic carbocycles. The Bertz CT molecular complexity index is 242. The summed E-state index contributed by atoms with van der Waals surface area (Å²) in [4.78, 5) is 21.3. The lowest BCUT2D eigenvalue weighted by Gasteiger charge is -2.17. The summed E-state index contributed by atoms with van der Waals surface area (Å²) in [6.07, 6.45) is 1.42. The number of rotatable bonds is 11. The maximum absolute atomic E-state index is 10.4. The lowest BCUT2D eigenvalue weighted by Crippen LogP contribution is -2.23. The quantitative estimate of drug-likeness (QED) is 0.258. The Kier molecular flexibility index (Phi) is 9.85. The summed E-state index contributed by atoms with van der Waals surface area (Å²) >= 11 is 0. The molecule has 0 bridgehead atoms. The molecule has 0 aliphatic heterocycles. The summed E-state index contributed by atoms with van der Waals surface area (Å²) in [5.74, 6) is 0. The van der Waals surface area contributed by atoms with Crippen molar-refractivity contribution in [3.05, 3.63) is 0 Å². The Morgan fingerprint density at radius 3 is 2.39 bits per heavy atom. The number of phosphoric acid groups is 1. The van der Waals surface area contributed by atoms with Crippen molar-refractivity contribution >= 4 is 7.82 Å². The number of unbranched alkanes of at least 4 members (excludes halogenated alkanes) is 1. The van der Waals surface area contributed by atoms with Crippen LogP contribution in [0.15, 0.2) is 0 Å². The molecule has 2 unspecified atom stereocenters. The molecule has 0 spiro atoms. The van der Waals surface area contributed by atoms with Gasteiger partial charge in [-0.05, 0) is 20.3 Å². The minimum absolute atomic E-state index is 0.108. The molecule has 0 saturated carbocycles. The van der Waals surface area contributed by atoms with Gasteiger partial charge in [0.25, 0.3) is 0 Å². The topological polar surface area (TPSA) is 94.5 Å². The largest absolute Gasteiger partial charge is 0.496 e. The number of ether oxygens (including phenoxy) is 2. The molecule has 0 heterocycles. The molecular weight excluding hydrogens is 263 g/mol. The van der Waals surface area contributed by atoms with Crippen molar-refractivity contribution < 1.29 is 33.4 Å². The summed E-state index contributed by atoms with van der Waals surface area (Å²) in [5, 5.41) is 0. The van der Waals surface area contributed by atoms with Crippen LogP contribution in [0.5, 0.6) is 0 Å². The third-order valence-corrected chi connectivity index (χ3v) is 2.19. The van der Waals surface area contributed by atoms with E-state index < -0.39 is 13.9 Å². The molecule has 0 saturated heterocycles. The zero-order valence-corrected chi connectivity index (χ0v) is 12.0. The lowest BCUT2D eigenvalue weighted by molar-refractivity contribution is -0.264. The molecule has 7 nitrogen and oxygen atoms in total. The Morgan fingerprint density at radius 1 is 1.17 bits per heavy atom. The van der Waals surface area contributed by atoms with Gasteiger partial charge in [0.1, 0.15) is 6.10 Å². The molecule has 0 aliphatic carbocycles. The van der Waals surface area contributed by atoms with E-state index in [-0.39, 0.29) is 12.7 Å². The van der Waals surface area contributed by atoms with E-state index in [9.17, 15) is 4.57 Å². The van der Waals surface area contributed by atoms with Crippen molar-refractivity contribution in [2.45, 2.75) is 45.8 Å². The van der Waals surface area contributed by atoms with Gasteiger partial charge in [-0.1, -0.05) is 13.3 Å². The Balaban J connectivity index is 3.53. The van der Waals surface area contributed by atoms with E-state index in [4.69, 9.17) is 19.3 Å². The van der Waals surface area contributed by atoms with Gasteiger partial charge in [0.2, 0.25) is 0 Å². The van der Waals surface area contributed by atoms with Crippen LogP contribution in [-0.2, 0) is 23.6 Å². The molecule has 0 fully saturated rings. The van der Waals surface area contributed by atoms with Gasteiger partial charge in [0, 0.05) is 6.61 Å². The van der Waals surface area contributed by atoms with E-state index in [1.165, 1.54) is 0 Å². The SMILES string of the molecule is CCCCOCC(C)OCC(C)OOP(=O)(O)O. The fourth-order valence-corrected chi connectivity index (χ4v) is 1.26. The fourth-order valence-electron chi connectivity index (χ4n) is 1.00. The number of hydrogen-bond donors (Lipinski definition) is 2. The van der Waals surface area contributed by atoms with Crippen LogP contribution in [0, 0.1) is 0 Å². The average Bonchev–Trinajstić information content (AvgIpc) is 2.28. The van der Waals surface area contributed by atoms with Gasteiger partial charge in [0.15, 0.2) is 0 Å². The zero-order chi connectivity index (χ0) is 14.0. The monoisotopic (exact) mass is 286 g/mol. The zero-order valence-electron chi connectivity index (χ0n) is 11.1. The van der Waals surface area contributed by atoms with Gasteiger partial charge in [-0.2, -0.15) is 0 Å². The highest BCUT2D eigenvalue weighted by molar-refractivity contribution is 7.46. The molecule has 0 rings (SSSR count). The molecule has 8 heteroatoms. The summed E-state index contributed by atoms with van der Waals surface area (Å²) in [7, 11) is -4.59. The molecule has 0 amide bonds. The van der Waals surface area contributed by atoms with Gasteiger partial charge < -0.3 is 19.3 Å². The smallest absolute Gasteiger partial charge is 0.379 e. The standard InChI is InChI=1S/C10H23O7P/c1-4-5-6-14-7-9(2)15-8-10(3)16-17-18(11,12)13/h9-10H,4-8H2,1-3H3,(H2,11,12,13). The Labute approximate surface area is 108 Å². The van der Waals surface area contributed by atoms with Crippen LogP contribution in [0.3, 0.4) is 0 Å². The van der Waals surface area contributed by atoms with E-state index in [1.54, 1.807) is 6.92 Å². The van der Waals surface area contributed by atoms with Crippen LogP contribution in [-0.4, -0.2) is 41.8 Å². The average molecular weight is 286 g/mol. The highest BCUT2D eigenvalue weighted by Crippen LogP contribution is 2.36. The molecule has 0 radical (unpaired) electrons. The molecular formula is C10H23O7P. The van der Waals surface area contributed by atoms with E-state index in [0.29, 0.717) is 13.2 Å². The maximum atomic E-state index is 10.4. The second-order valence-corrected chi connectivity index (χ2v) is 5.17.